The molecule has 0 aliphatic heterocycles. The normalized spacial score (nSPS) is 11.7. The number of H-pyrrole nitrogens is 1. The first kappa shape index (κ1) is 20.5. The molecule has 152 valence electrons. The minimum atomic E-state index is -0.244. The average molecular weight is 459 g/mol. The maximum Gasteiger partial charge on any atom is 0.260 e. The molecule has 2 aromatic heterocycles. The molecule has 0 radical (unpaired) electrons. The molecule has 0 spiro atoms. The summed E-state index contributed by atoms with van der Waals surface area (Å²) in [6, 6.07) is 13.2. The van der Waals surface area contributed by atoms with Gasteiger partial charge in [-0.2, -0.15) is 0 Å². The van der Waals surface area contributed by atoms with E-state index < -0.39 is 0 Å². The van der Waals surface area contributed by atoms with Crippen LogP contribution >= 0.6 is 34.5 Å². The van der Waals surface area contributed by atoms with E-state index in [1.807, 2.05) is 35.7 Å². The number of nitrogens with zero attached hydrogens (tertiary/aromatic N) is 1. The van der Waals surface area contributed by atoms with Crippen LogP contribution in [0, 0.1) is 0 Å². The van der Waals surface area contributed by atoms with Gasteiger partial charge in [-0.05, 0) is 29.3 Å². The number of benzene rings is 2. The van der Waals surface area contributed by atoms with Crippen molar-refractivity contribution >= 4 is 55.9 Å². The van der Waals surface area contributed by atoms with Gasteiger partial charge in [0.15, 0.2) is 17.3 Å². The molecule has 2 heterocycles. The fraction of sp³-hybridized carbons (Fsp3) is 0.0909. The molecule has 30 heavy (non-hydrogen) atoms. The maximum atomic E-state index is 12.8. The number of aromatic nitrogens is 2. The number of fused-ring (bicyclic) bond motifs is 1. The molecular weight excluding hydrogens is 443 g/mol. The summed E-state index contributed by atoms with van der Waals surface area (Å²) in [5, 5.41) is 3.13. The number of halogens is 2. The largest absolute Gasteiger partial charge is 0.493 e. The lowest BCUT2D eigenvalue weighted by Crippen LogP contribution is -2.10. The zero-order valence-corrected chi connectivity index (χ0v) is 18.4. The summed E-state index contributed by atoms with van der Waals surface area (Å²) >= 11 is 14.1. The Labute approximate surface area is 186 Å². The highest BCUT2D eigenvalue weighted by Gasteiger charge is 2.15. The number of thiophene rings is 1. The average Bonchev–Trinajstić information content (AvgIpc) is 3.18. The van der Waals surface area contributed by atoms with Crippen LogP contribution in [0.3, 0.4) is 0 Å². The molecule has 0 amide bonds. The second kappa shape index (κ2) is 8.52. The smallest absolute Gasteiger partial charge is 0.260 e. The van der Waals surface area contributed by atoms with Crippen LogP contribution in [-0.2, 0) is 0 Å². The highest BCUT2D eigenvalue weighted by Crippen LogP contribution is 2.37. The number of methoxy groups -OCH3 is 2. The van der Waals surface area contributed by atoms with Crippen molar-refractivity contribution in [2.75, 3.05) is 14.2 Å². The van der Waals surface area contributed by atoms with Crippen molar-refractivity contribution in [3.63, 3.8) is 0 Å². The van der Waals surface area contributed by atoms with E-state index in [1.165, 1.54) is 25.6 Å². The molecule has 0 saturated heterocycles. The van der Waals surface area contributed by atoms with Gasteiger partial charge in [0.25, 0.3) is 5.56 Å². The van der Waals surface area contributed by atoms with E-state index in [4.69, 9.17) is 32.7 Å². The summed E-state index contributed by atoms with van der Waals surface area (Å²) in [5.41, 5.74) is 2.25. The Hall–Kier alpha value is -2.80. The predicted octanol–water partition coefficient (Wildman–Crippen LogP) is 6.06. The fourth-order valence-electron chi connectivity index (χ4n) is 3.13. The molecule has 1 N–H and O–H groups in total. The van der Waals surface area contributed by atoms with Gasteiger partial charge in [0.05, 0.1) is 29.7 Å². The van der Waals surface area contributed by atoms with Gasteiger partial charge in [-0.25, -0.2) is 4.98 Å². The summed E-state index contributed by atoms with van der Waals surface area (Å²) in [6.45, 7) is 0. The summed E-state index contributed by atoms with van der Waals surface area (Å²) in [7, 11) is 3.04. The fourth-order valence-corrected chi connectivity index (χ4v) is 4.59. The van der Waals surface area contributed by atoms with Crippen LogP contribution in [0.2, 0.25) is 5.02 Å². The van der Waals surface area contributed by atoms with Crippen LogP contribution in [0.15, 0.2) is 52.6 Å². The first-order chi connectivity index (χ1) is 14.5. The number of hydrogen-bond acceptors (Lipinski definition) is 5. The van der Waals surface area contributed by atoms with E-state index in [0.717, 1.165) is 11.1 Å². The first-order valence-electron chi connectivity index (χ1n) is 8.88. The van der Waals surface area contributed by atoms with Crippen LogP contribution in [-0.4, -0.2) is 24.2 Å². The molecule has 0 bridgehead atoms. The van der Waals surface area contributed by atoms with E-state index in [2.05, 4.69) is 9.97 Å². The third kappa shape index (κ3) is 3.81. The molecule has 4 rings (SSSR count). The van der Waals surface area contributed by atoms with Crippen LogP contribution in [0.1, 0.15) is 11.4 Å². The Morgan fingerprint density at radius 2 is 1.93 bits per heavy atom. The lowest BCUT2D eigenvalue weighted by molar-refractivity contribution is 0.355. The SMILES string of the molecule is COc1cc(/C=C(\Cl)c2nc3scc(-c4ccccc4)c3c(=O)[nH]2)cc(Cl)c1OC. The first-order valence-corrected chi connectivity index (χ1v) is 10.5. The van der Waals surface area contributed by atoms with Crippen molar-refractivity contribution in [3.05, 3.63) is 74.6 Å². The minimum Gasteiger partial charge on any atom is -0.493 e. The molecule has 4 aromatic rings. The minimum absolute atomic E-state index is 0.244. The Kier molecular flexibility index (Phi) is 5.81. The quantitative estimate of drug-likeness (QED) is 0.394. The Morgan fingerprint density at radius 3 is 2.63 bits per heavy atom. The van der Waals surface area contributed by atoms with Crippen molar-refractivity contribution in [1.29, 1.82) is 0 Å². The molecule has 5 nitrogen and oxygen atoms in total. The van der Waals surface area contributed by atoms with Crippen LogP contribution in [0.5, 0.6) is 11.5 Å². The van der Waals surface area contributed by atoms with Gasteiger partial charge in [-0.15, -0.1) is 11.3 Å². The van der Waals surface area contributed by atoms with E-state index in [1.54, 1.807) is 18.2 Å². The number of hydrogen-bond donors (Lipinski definition) is 1. The predicted molar refractivity (Wildman–Crippen MR) is 124 cm³/mol. The lowest BCUT2D eigenvalue weighted by atomic mass is 10.1. The van der Waals surface area contributed by atoms with Crippen LogP contribution < -0.4 is 15.0 Å². The molecule has 0 saturated carbocycles. The Morgan fingerprint density at radius 1 is 1.17 bits per heavy atom. The van der Waals surface area contributed by atoms with Crippen molar-refractivity contribution in [1.82, 2.24) is 9.97 Å². The van der Waals surface area contributed by atoms with Gasteiger partial charge < -0.3 is 14.5 Å². The number of rotatable bonds is 5. The third-order valence-corrected chi connectivity index (χ3v) is 5.95. The van der Waals surface area contributed by atoms with Crippen molar-refractivity contribution in [2.45, 2.75) is 0 Å². The highest BCUT2D eigenvalue weighted by molar-refractivity contribution is 7.17. The number of ether oxygens (including phenoxy) is 2. The van der Waals surface area contributed by atoms with E-state index in [9.17, 15) is 4.79 Å². The standard InChI is InChI=1S/C22H16Cl2N2O3S/c1-28-17-10-12(8-15(23)19(17)29-2)9-16(24)20-25-21(27)18-14(11-30-22(18)26-20)13-6-4-3-5-7-13/h3-11H,1-2H3,(H,25,26,27)/b16-9-. The topological polar surface area (TPSA) is 64.2 Å². The molecule has 0 aliphatic carbocycles. The second-order valence-electron chi connectivity index (χ2n) is 6.34. The molecule has 0 unspecified atom stereocenters. The monoisotopic (exact) mass is 458 g/mol. The summed E-state index contributed by atoms with van der Waals surface area (Å²) in [4.78, 5) is 20.8. The molecule has 0 atom stereocenters. The molecule has 0 aliphatic rings. The van der Waals surface area contributed by atoms with Crippen molar-refractivity contribution in [2.24, 2.45) is 0 Å². The lowest BCUT2D eigenvalue weighted by Gasteiger charge is -2.10. The van der Waals surface area contributed by atoms with Gasteiger partial charge in [-0.1, -0.05) is 53.5 Å². The van der Waals surface area contributed by atoms with E-state index in [0.29, 0.717) is 32.3 Å². The highest BCUT2D eigenvalue weighted by atomic mass is 35.5. The maximum absolute atomic E-state index is 12.8. The zero-order valence-electron chi connectivity index (χ0n) is 16.0. The van der Waals surface area contributed by atoms with Gasteiger partial charge >= 0.3 is 0 Å². The van der Waals surface area contributed by atoms with Gasteiger partial charge in [0.2, 0.25) is 0 Å². The summed E-state index contributed by atoms with van der Waals surface area (Å²) in [5.74, 6) is 1.19. The third-order valence-electron chi connectivity index (χ3n) is 4.50. The Bertz CT molecular complexity index is 1310. The second-order valence-corrected chi connectivity index (χ2v) is 8.01. The van der Waals surface area contributed by atoms with Crippen LogP contribution in [0.25, 0.3) is 32.5 Å². The van der Waals surface area contributed by atoms with Gasteiger partial charge in [-0.3, -0.25) is 4.79 Å². The summed E-state index contributed by atoms with van der Waals surface area (Å²) < 4.78 is 10.6. The molecule has 0 fully saturated rings. The molecule has 8 heteroatoms. The Balaban J connectivity index is 1.77. The zero-order chi connectivity index (χ0) is 21.3. The molecule has 2 aromatic carbocycles. The van der Waals surface area contributed by atoms with Gasteiger partial charge in [0, 0.05) is 10.9 Å². The number of nitrogens with one attached hydrogen (secondary N) is 1. The number of aromatic amines is 1. The van der Waals surface area contributed by atoms with Crippen molar-refractivity contribution < 1.29 is 9.47 Å². The summed E-state index contributed by atoms with van der Waals surface area (Å²) in [6.07, 6.45) is 1.66. The van der Waals surface area contributed by atoms with Gasteiger partial charge in [0.1, 0.15) is 4.83 Å². The van der Waals surface area contributed by atoms with Crippen molar-refractivity contribution in [3.8, 4) is 22.6 Å². The van der Waals surface area contributed by atoms with E-state index >= 15 is 0 Å². The van der Waals surface area contributed by atoms with E-state index in [-0.39, 0.29) is 16.4 Å². The van der Waals surface area contributed by atoms with Crippen LogP contribution in [0.4, 0.5) is 0 Å². The molecular formula is C22H16Cl2N2O3S.